The van der Waals surface area contributed by atoms with Crippen molar-refractivity contribution in [1.29, 1.82) is 0 Å². The maximum Gasteiger partial charge on any atom is 0.238 e. The van der Waals surface area contributed by atoms with Crippen LogP contribution in [0.5, 0.6) is 0 Å². The minimum absolute atomic E-state index is 0.0161. The Morgan fingerprint density at radius 1 is 1.03 bits per heavy atom. The first-order valence-electron chi connectivity index (χ1n) is 13.5. The van der Waals surface area contributed by atoms with Gasteiger partial charge in [0.05, 0.1) is 32.0 Å². The van der Waals surface area contributed by atoms with Crippen molar-refractivity contribution in [2.45, 2.75) is 42.3 Å². The molecule has 2 aromatic carbocycles. The summed E-state index contributed by atoms with van der Waals surface area (Å²) in [5, 5.41) is 3.08. The second-order valence-electron chi connectivity index (χ2n) is 10.5. The molecule has 3 aliphatic rings. The Bertz CT molecular complexity index is 1420. The molecular weight excluding hydrogens is 514 g/mol. The smallest absolute Gasteiger partial charge is 0.238 e. The molecular formula is C30H33N3O5S. The van der Waals surface area contributed by atoms with E-state index < -0.39 is 0 Å². The molecule has 2 fully saturated rings. The van der Waals surface area contributed by atoms with E-state index in [9.17, 15) is 9.59 Å². The van der Waals surface area contributed by atoms with Crippen LogP contribution >= 0.6 is 11.8 Å². The van der Waals surface area contributed by atoms with Crippen LogP contribution in [0.25, 0.3) is 11.3 Å². The van der Waals surface area contributed by atoms with Crippen molar-refractivity contribution in [3.05, 3.63) is 69.9 Å². The maximum atomic E-state index is 12.8. The molecule has 1 amide bonds. The van der Waals surface area contributed by atoms with E-state index in [1.54, 1.807) is 23.9 Å². The van der Waals surface area contributed by atoms with Gasteiger partial charge in [-0.25, -0.2) is 0 Å². The van der Waals surface area contributed by atoms with Crippen molar-refractivity contribution in [1.82, 2.24) is 4.90 Å². The van der Waals surface area contributed by atoms with Gasteiger partial charge in [-0.05, 0) is 49.6 Å². The number of carbonyl (C=O) groups is 1. The number of morpholine rings is 2. The number of nitrogens with one attached hydrogen (secondary N) is 1. The average molecular weight is 548 g/mol. The lowest BCUT2D eigenvalue weighted by Crippen LogP contribution is -2.48. The SMILES string of the molecule is C[C@H]1CN(CC(=O)Nc2ccc3c(c2)Cc2cccc(-c4cc(=O)cc(N5CCOCC5)o4)c2S3)C[C@H](C)O1. The quantitative estimate of drug-likeness (QED) is 0.397. The second kappa shape index (κ2) is 11.2. The third-order valence-corrected chi connectivity index (χ3v) is 8.54. The van der Waals surface area contributed by atoms with Gasteiger partial charge < -0.3 is 24.1 Å². The molecule has 1 aromatic heterocycles. The monoisotopic (exact) mass is 547 g/mol. The normalized spacial score (nSPS) is 21.2. The molecule has 8 nitrogen and oxygen atoms in total. The number of ether oxygens (including phenoxy) is 2. The molecule has 2 atom stereocenters. The summed E-state index contributed by atoms with van der Waals surface area (Å²) in [5.74, 6) is 1.14. The van der Waals surface area contributed by atoms with Crippen LogP contribution in [0.4, 0.5) is 11.6 Å². The zero-order valence-corrected chi connectivity index (χ0v) is 23.1. The van der Waals surface area contributed by atoms with Crippen LogP contribution in [-0.4, -0.2) is 69.0 Å². The zero-order valence-electron chi connectivity index (χ0n) is 22.3. The molecule has 2 saturated heterocycles. The average Bonchev–Trinajstić information content (AvgIpc) is 2.91. The van der Waals surface area contributed by atoms with E-state index in [-0.39, 0.29) is 23.5 Å². The molecule has 0 aliphatic carbocycles. The number of carbonyl (C=O) groups excluding carboxylic acids is 1. The third kappa shape index (κ3) is 5.91. The summed E-state index contributed by atoms with van der Waals surface area (Å²) in [6.45, 7) is 8.59. The number of hydrogen-bond donors (Lipinski definition) is 1. The molecule has 0 unspecified atom stereocenters. The highest BCUT2D eigenvalue weighted by Crippen LogP contribution is 2.45. The van der Waals surface area contributed by atoms with Crippen LogP contribution in [0.1, 0.15) is 25.0 Å². The van der Waals surface area contributed by atoms with Gasteiger partial charge >= 0.3 is 0 Å². The molecule has 39 heavy (non-hydrogen) atoms. The van der Waals surface area contributed by atoms with Gasteiger partial charge in [0, 0.05) is 59.4 Å². The minimum Gasteiger partial charge on any atom is -0.440 e. The summed E-state index contributed by atoms with van der Waals surface area (Å²) in [6, 6.07) is 15.4. The number of benzene rings is 2. The lowest BCUT2D eigenvalue weighted by molar-refractivity contribution is -0.121. The van der Waals surface area contributed by atoms with E-state index >= 15 is 0 Å². The molecule has 6 rings (SSSR count). The summed E-state index contributed by atoms with van der Waals surface area (Å²) >= 11 is 1.68. The third-order valence-electron chi connectivity index (χ3n) is 7.24. The standard InChI is InChI=1S/C30H33N3O5S/c1-19-16-32(17-20(2)37-19)18-28(35)31-23-6-7-27-22(13-23)12-21-4-3-5-25(30(21)39-27)26-14-24(34)15-29(38-26)33-8-10-36-11-9-33/h3-7,13-15,19-20H,8-12,16-18H2,1-2H3,(H,31,35)/t19-,20-/m0/s1. The molecule has 3 aromatic rings. The lowest BCUT2D eigenvalue weighted by Gasteiger charge is -2.34. The van der Waals surface area contributed by atoms with Crippen LogP contribution in [0.2, 0.25) is 0 Å². The van der Waals surface area contributed by atoms with Crippen molar-refractivity contribution >= 4 is 29.2 Å². The second-order valence-corrected chi connectivity index (χ2v) is 11.5. The van der Waals surface area contributed by atoms with Crippen LogP contribution in [0, 0.1) is 0 Å². The Balaban J connectivity index is 1.20. The van der Waals surface area contributed by atoms with Crippen molar-refractivity contribution in [2.24, 2.45) is 0 Å². The summed E-state index contributed by atoms with van der Waals surface area (Å²) in [5.41, 5.74) is 3.99. The largest absolute Gasteiger partial charge is 0.440 e. The molecule has 4 heterocycles. The maximum absolute atomic E-state index is 12.8. The van der Waals surface area contributed by atoms with Gasteiger partial charge in [0.25, 0.3) is 0 Å². The molecule has 1 N–H and O–H groups in total. The van der Waals surface area contributed by atoms with E-state index in [1.165, 1.54) is 11.1 Å². The van der Waals surface area contributed by atoms with E-state index in [4.69, 9.17) is 13.9 Å². The fraction of sp³-hybridized carbons (Fsp3) is 0.400. The Morgan fingerprint density at radius 3 is 2.62 bits per heavy atom. The van der Waals surface area contributed by atoms with Crippen molar-refractivity contribution in [3.63, 3.8) is 0 Å². The van der Waals surface area contributed by atoms with Gasteiger partial charge in [0.15, 0.2) is 11.3 Å². The van der Waals surface area contributed by atoms with Gasteiger partial charge in [-0.1, -0.05) is 30.0 Å². The van der Waals surface area contributed by atoms with Gasteiger partial charge in [-0.3, -0.25) is 14.5 Å². The topological polar surface area (TPSA) is 84.3 Å². The summed E-state index contributed by atoms with van der Waals surface area (Å²) < 4.78 is 17.5. The molecule has 0 bridgehead atoms. The first-order valence-corrected chi connectivity index (χ1v) is 14.3. The summed E-state index contributed by atoms with van der Waals surface area (Å²) in [4.78, 5) is 31.8. The van der Waals surface area contributed by atoms with Crippen molar-refractivity contribution in [3.8, 4) is 11.3 Å². The van der Waals surface area contributed by atoms with Gasteiger partial charge in [-0.15, -0.1) is 0 Å². The first-order chi connectivity index (χ1) is 18.9. The number of nitrogens with zero attached hydrogens (tertiary/aromatic N) is 2. The van der Waals surface area contributed by atoms with Crippen LogP contribution in [0.15, 0.2) is 67.5 Å². The fourth-order valence-electron chi connectivity index (χ4n) is 5.60. The lowest BCUT2D eigenvalue weighted by atomic mass is 10.00. The Morgan fingerprint density at radius 2 is 1.82 bits per heavy atom. The highest BCUT2D eigenvalue weighted by molar-refractivity contribution is 7.99. The zero-order chi connectivity index (χ0) is 26.9. The molecule has 9 heteroatoms. The fourth-order valence-corrected chi connectivity index (χ4v) is 6.77. The number of hydrogen-bond acceptors (Lipinski definition) is 8. The minimum atomic E-state index is -0.0714. The molecule has 0 radical (unpaired) electrons. The number of anilines is 2. The summed E-state index contributed by atoms with van der Waals surface area (Å²) in [6.07, 6.45) is 0.991. The first kappa shape index (κ1) is 26.1. The Kier molecular flexibility index (Phi) is 7.49. The van der Waals surface area contributed by atoms with Crippen molar-refractivity contribution < 1.29 is 18.7 Å². The molecule has 204 valence electrons. The van der Waals surface area contributed by atoms with E-state index in [1.807, 2.05) is 32.0 Å². The van der Waals surface area contributed by atoms with Crippen LogP contribution in [0.3, 0.4) is 0 Å². The Labute approximate surface area is 232 Å². The van der Waals surface area contributed by atoms with Crippen LogP contribution in [-0.2, 0) is 20.7 Å². The predicted molar refractivity (Wildman–Crippen MR) is 152 cm³/mol. The Hall–Kier alpha value is -3.11. The van der Waals surface area contributed by atoms with Gasteiger partial charge in [0.2, 0.25) is 5.91 Å². The summed E-state index contributed by atoms with van der Waals surface area (Å²) in [7, 11) is 0. The van der Waals surface area contributed by atoms with Crippen LogP contribution < -0.4 is 15.6 Å². The number of fused-ring (bicyclic) bond motifs is 2. The van der Waals surface area contributed by atoms with Gasteiger partial charge in [-0.2, -0.15) is 0 Å². The van der Waals surface area contributed by atoms with E-state index in [0.717, 1.165) is 40.6 Å². The molecule has 0 saturated carbocycles. The molecule has 0 spiro atoms. The highest BCUT2D eigenvalue weighted by Gasteiger charge is 2.25. The number of amides is 1. The predicted octanol–water partition coefficient (Wildman–Crippen LogP) is 4.25. The highest BCUT2D eigenvalue weighted by atomic mass is 32.2. The molecule has 3 aliphatic heterocycles. The number of rotatable bonds is 5. The van der Waals surface area contributed by atoms with E-state index in [2.05, 4.69) is 33.3 Å². The van der Waals surface area contributed by atoms with E-state index in [0.29, 0.717) is 44.5 Å². The van der Waals surface area contributed by atoms with Gasteiger partial charge in [0.1, 0.15) is 5.76 Å². The van der Waals surface area contributed by atoms with Crippen molar-refractivity contribution in [2.75, 3.05) is 56.2 Å².